The molecule has 0 fully saturated rings. The number of phenolic OH excluding ortho intramolecular Hbond substituents is 1. The largest absolute Gasteiger partial charge is 0.503 e. The number of hydrogen-bond donors (Lipinski definition) is 1. The Morgan fingerprint density at radius 3 is 2.85 bits per heavy atom. The van der Waals surface area contributed by atoms with Gasteiger partial charge in [-0.1, -0.05) is 6.07 Å². The Balaban J connectivity index is 2.02. The molecule has 9 heteroatoms. The summed E-state index contributed by atoms with van der Waals surface area (Å²) in [5.74, 6) is 0.442. The average molecular weight is 468 g/mol. The molecule has 0 spiro atoms. The minimum atomic E-state index is 0.0624. The van der Waals surface area contributed by atoms with Gasteiger partial charge in [0, 0.05) is 12.5 Å². The Labute approximate surface area is 173 Å². The van der Waals surface area contributed by atoms with Crippen molar-refractivity contribution in [3.63, 3.8) is 0 Å². The summed E-state index contributed by atoms with van der Waals surface area (Å²) in [6.07, 6.45) is 1.71. The third-order valence-electron chi connectivity index (χ3n) is 3.59. The van der Waals surface area contributed by atoms with E-state index in [2.05, 4.69) is 32.1 Å². The summed E-state index contributed by atoms with van der Waals surface area (Å²) in [5.41, 5.74) is 1.77. The summed E-state index contributed by atoms with van der Waals surface area (Å²) >= 11 is 6.51. The number of aromatic hydroxyl groups is 1. The minimum Gasteiger partial charge on any atom is -0.503 e. The summed E-state index contributed by atoms with van der Waals surface area (Å²) in [7, 11) is 3.17. The van der Waals surface area contributed by atoms with Crippen LogP contribution in [0.25, 0.3) is 10.6 Å². The maximum absolute atomic E-state index is 9.96. The van der Waals surface area contributed by atoms with E-state index in [9.17, 15) is 5.11 Å². The van der Waals surface area contributed by atoms with E-state index in [-0.39, 0.29) is 5.75 Å². The number of phenols is 1. The van der Waals surface area contributed by atoms with Gasteiger partial charge in [0.2, 0.25) is 4.80 Å². The molecule has 0 amide bonds. The van der Waals surface area contributed by atoms with Crippen molar-refractivity contribution in [3.8, 4) is 22.1 Å². The van der Waals surface area contributed by atoms with Gasteiger partial charge in [-0.3, -0.25) is 4.99 Å². The van der Waals surface area contributed by atoms with Crippen LogP contribution in [0.1, 0.15) is 5.56 Å². The quantitative estimate of drug-likeness (QED) is 0.418. The molecule has 0 radical (unpaired) electrons. The maximum Gasteiger partial charge on any atom is 0.206 e. The smallest absolute Gasteiger partial charge is 0.206 e. The van der Waals surface area contributed by atoms with E-state index in [0.717, 1.165) is 20.9 Å². The molecular formula is C18H18BrN3O3S2. The maximum atomic E-state index is 9.96. The Morgan fingerprint density at radius 1 is 1.30 bits per heavy atom. The zero-order valence-electron chi connectivity index (χ0n) is 14.8. The summed E-state index contributed by atoms with van der Waals surface area (Å²) in [6, 6.07) is 7.57. The Morgan fingerprint density at radius 2 is 2.15 bits per heavy atom. The lowest BCUT2D eigenvalue weighted by atomic mass is 10.2. The number of nitrogens with zero attached hydrogens (tertiary/aromatic N) is 3. The van der Waals surface area contributed by atoms with E-state index in [1.54, 1.807) is 36.8 Å². The van der Waals surface area contributed by atoms with Crippen LogP contribution in [0.4, 0.5) is 0 Å². The zero-order valence-corrected chi connectivity index (χ0v) is 18.0. The molecule has 2 heterocycles. The summed E-state index contributed by atoms with van der Waals surface area (Å²) < 4.78 is 12.6. The fourth-order valence-electron chi connectivity index (χ4n) is 2.29. The van der Waals surface area contributed by atoms with Gasteiger partial charge in [0.05, 0.1) is 41.5 Å². The van der Waals surface area contributed by atoms with Crippen LogP contribution in [0.3, 0.4) is 0 Å². The second-order valence-electron chi connectivity index (χ2n) is 5.37. The monoisotopic (exact) mass is 467 g/mol. The highest BCUT2D eigenvalue weighted by Crippen LogP contribution is 2.34. The van der Waals surface area contributed by atoms with Crippen LogP contribution >= 0.6 is 38.6 Å². The molecule has 142 valence electrons. The number of benzene rings is 1. The van der Waals surface area contributed by atoms with Crippen LogP contribution < -0.4 is 9.54 Å². The topological polar surface area (TPSA) is 68.3 Å². The summed E-state index contributed by atoms with van der Waals surface area (Å²) in [5, 5.41) is 18.7. The van der Waals surface area contributed by atoms with E-state index in [0.29, 0.717) is 23.4 Å². The fourth-order valence-corrected chi connectivity index (χ4v) is 4.41. The molecule has 0 unspecified atom stereocenters. The van der Waals surface area contributed by atoms with Gasteiger partial charge in [-0.2, -0.15) is 5.10 Å². The van der Waals surface area contributed by atoms with Gasteiger partial charge in [0.25, 0.3) is 0 Å². The Kier molecular flexibility index (Phi) is 6.84. The average Bonchev–Trinajstić information content (AvgIpc) is 3.32. The molecule has 27 heavy (non-hydrogen) atoms. The van der Waals surface area contributed by atoms with E-state index < -0.39 is 0 Å². The molecule has 0 saturated heterocycles. The Bertz CT molecular complexity index is 994. The number of ether oxygens (including phenoxy) is 2. The van der Waals surface area contributed by atoms with E-state index in [1.165, 1.54) is 18.4 Å². The van der Waals surface area contributed by atoms with Crippen molar-refractivity contribution in [2.75, 3.05) is 27.4 Å². The standard InChI is InChI=1S/C18H18BrN3O3S2/c1-24-6-5-20-18-22(14(11-27-18)16-4-3-7-26-16)21-10-12-8-13(19)17(23)15(9-12)25-2/h3-4,7-11,23H,5-6H2,1-2H3. The number of halogens is 1. The van der Waals surface area contributed by atoms with Crippen LogP contribution in [-0.4, -0.2) is 43.4 Å². The van der Waals surface area contributed by atoms with Gasteiger partial charge in [-0.25, -0.2) is 4.68 Å². The lowest BCUT2D eigenvalue weighted by Gasteiger charge is -2.06. The number of rotatable bonds is 7. The second kappa shape index (κ2) is 9.32. The molecule has 0 atom stereocenters. The molecule has 3 aromatic rings. The molecule has 3 rings (SSSR count). The molecule has 0 aliphatic rings. The van der Waals surface area contributed by atoms with Crippen molar-refractivity contribution in [1.82, 2.24) is 4.68 Å². The van der Waals surface area contributed by atoms with E-state index >= 15 is 0 Å². The first-order valence-corrected chi connectivity index (χ1v) is 10.5. The van der Waals surface area contributed by atoms with Gasteiger partial charge >= 0.3 is 0 Å². The molecular weight excluding hydrogens is 450 g/mol. The van der Waals surface area contributed by atoms with Crippen molar-refractivity contribution in [1.29, 1.82) is 0 Å². The normalized spacial score (nSPS) is 12.2. The van der Waals surface area contributed by atoms with E-state index in [4.69, 9.17) is 9.47 Å². The van der Waals surface area contributed by atoms with Crippen molar-refractivity contribution < 1.29 is 14.6 Å². The van der Waals surface area contributed by atoms with Crippen LogP contribution in [0.15, 0.2) is 49.6 Å². The van der Waals surface area contributed by atoms with Gasteiger partial charge in [0.15, 0.2) is 11.5 Å². The van der Waals surface area contributed by atoms with Crippen molar-refractivity contribution in [3.05, 3.63) is 49.9 Å². The Hall–Kier alpha value is -1.94. The van der Waals surface area contributed by atoms with Gasteiger partial charge < -0.3 is 14.6 Å². The van der Waals surface area contributed by atoms with Crippen LogP contribution in [-0.2, 0) is 4.74 Å². The highest BCUT2D eigenvalue weighted by atomic mass is 79.9. The van der Waals surface area contributed by atoms with Crippen LogP contribution in [0.5, 0.6) is 11.5 Å². The molecule has 0 aliphatic carbocycles. The molecule has 0 bridgehead atoms. The van der Waals surface area contributed by atoms with Crippen molar-refractivity contribution in [2.45, 2.75) is 0 Å². The van der Waals surface area contributed by atoms with Crippen LogP contribution in [0.2, 0.25) is 0 Å². The first-order chi connectivity index (χ1) is 13.1. The lowest BCUT2D eigenvalue weighted by molar-refractivity contribution is 0.207. The third kappa shape index (κ3) is 4.67. The number of thiazole rings is 1. The highest BCUT2D eigenvalue weighted by Gasteiger charge is 2.10. The number of aromatic nitrogens is 1. The van der Waals surface area contributed by atoms with Crippen molar-refractivity contribution >= 4 is 44.8 Å². The SMILES string of the molecule is COCCN=c1scc(-c2cccs2)n1N=Cc1cc(Br)c(O)c(OC)c1. The number of thiophene rings is 1. The van der Waals surface area contributed by atoms with Gasteiger partial charge in [-0.15, -0.1) is 22.7 Å². The van der Waals surface area contributed by atoms with Gasteiger partial charge in [0.1, 0.15) is 0 Å². The van der Waals surface area contributed by atoms with Gasteiger partial charge in [-0.05, 0) is 45.1 Å². The predicted octanol–water partition coefficient (Wildman–Crippen LogP) is 4.18. The molecule has 1 N–H and O–H groups in total. The second-order valence-corrected chi connectivity index (χ2v) is 8.00. The molecule has 2 aromatic heterocycles. The first kappa shape index (κ1) is 19.8. The molecule has 6 nitrogen and oxygen atoms in total. The number of hydrogen-bond acceptors (Lipinski definition) is 7. The molecule has 0 saturated carbocycles. The zero-order chi connectivity index (χ0) is 19.2. The predicted molar refractivity (Wildman–Crippen MR) is 113 cm³/mol. The van der Waals surface area contributed by atoms with Crippen molar-refractivity contribution in [2.24, 2.45) is 10.1 Å². The lowest BCUT2D eigenvalue weighted by Crippen LogP contribution is -2.13. The number of methoxy groups -OCH3 is 2. The minimum absolute atomic E-state index is 0.0624. The first-order valence-electron chi connectivity index (χ1n) is 7.98. The summed E-state index contributed by atoms with van der Waals surface area (Å²) in [4.78, 5) is 6.48. The van der Waals surface area contributed by atoms with E-state index in [1.807, 2.05) is 21.5 Å². The fraction of sp³-hybridized carbons (Fsp3) is 0.222. The van der Waals surface area contributed by atoms with Crippen LogP contribution in [0, 0.1) is 0 Å². The highest BCUT2D eigenvalue weighted by molar-refractivity contribution is 9.10. The summed E-state index contributed by atoms with van der Waals surface area (Å²) in [6.45, 7) is 1.12. The molecule has 0 aliphatic heterocycles. The third-order valence-corrected chi connectivity index (χ3v) is 5.95. The molecule has 1 aromatic carbocycles.